The number of carbonyl (C=O) groups excluding carboxylic acids is 1. The molecular weight excluding hydrogens is 342 g/mol. The van der Waals surface area contributed by atoms with Gasteiger partial charge in [-0.2, -0.15) is 14.9 Å². The predicted molar refractivity (Wildman–Crippen MR) is 107 cm³/mol. The van der Waals surface area contributed by atoms with Crippen LogP contribution in [-0.2, 0) is 0 Å². The van der Waals surface area contributed by atoms with Gasteiger partial charge >= 0.3 is 0 Å². The van der Waals surface area contributed by atoms with Gasteiger partial charge in [-0.3, -0.25) is 4.79 Å². The van der Waals surface area contributed by atoms with Gasteiger partial charge in [-0.15, -0.1) is 0 Å². The molecule has 8 nitrogen and oxygen atoms in total. The monoisotopic (exact) mass is 367 g/mol. The van der Waals surface area contributed by atoms with E-state index in [4.69, 9.17) is 0 Å². The SMILES string of the molecule is CCCC(=O)n1ncc(-c2cnn(-c3cc(N(C)C)ccn3)c2)c1NCC. The van der Waals surface area contributed by atoms with Crippen molar-refractivity contribution in [1.29, 1.82) is 0 Å². The summed E-state index contributed by atoms with van der Waals surface area (Å²) in [5.41, 5.74) is 2.76. The van der Waals surface area contributed by atoms with Crippen molar-refractivity contribution in [3.8, 4) is 16.9 Å². The second kappa shape index (κ2) is 8.03. The Morgan fingerprint density at radius 2 is 2.04 bits per heavy atom. The molecule has 0 atom stereocenters. The van der Waals surface area contributed by atoms with Crippen molar-refractivity contribution in [3.63, 3.8) is 0 Å². The average molecular weight is 367 g/mol. The van der Waals surface area contributed by atoms with Crippen LogP contribution in [0.2, 0.25) is 0 Å². The van der Waals surface area contributed by atoms with Gasteiger partial charge in [0.2, 0.25) is 5.91 Å². The summed E-state index contributed by atoms with van der Waals surface area (Å²) in [4.78, 5) is 18.8. The largest absolute Gasteiger partial charge is 0.378 e. The average Bonchev–Trinajstić information content (AvgIpc) is 3.29. The number of rotatable bonds is 7. The fourth-order valence-corrected chi connectivity index (χ4v) is 2.80. The van der Waals surface area contributed by atoms with Gasteiger partial charge in [-0.05, 0) is 19.4 Å². The highest BCUT2D eigenvalue weighted by Gasteiger charge is 2.18. The van der Waals surface area contributed by atoms with E-state index in [-0.39, 0.29) is 5.91 Å². The Balaban J connectivity index is 1.97. The molecule has 3 aromatic rings. The highest BCUT2D eigenvalue weighted by Crippen LogP contribution is 2.28. The Morgan fingerprint density at radius 1 is 1.22 bits per heavy atom. The van der Waals surface area contributed by atoms with Crippen molar-refractivity contribution in [1.82, 2.24) is 24.5 Å². The topological polar surface area (TPSA) is 80.9 Å². The zero-order chi connectivity index (χ0) is 19.4. The third-order valence-electron chi connectivity index (χ3n) is 4.19. The van der Waals surface area contributed by atoms with Gasteiger partial charge in [-0.25, -0.2) is 9.67 Å². The lowest BCUT2D eigenvalue weighted by Crippen LogP contribution is -2.15. The highest BCUT2D eigenvalue weighted by molar-refractivity contribution is 5.86. The first-order valence-electron chi connectivity index (χ1n) is 9.09. The maximum absolute atomic E-state index is 12.3. The minimum atomic E-state index is -0.0209. The lowest BCUT2D eigenvalue weighted by atomic mass is 10.2. The van der Waals surface area contributed by atoms with E-state index in [1.807, 2.05) is 51.2 Å². The van der Waals surface area contributed by atoms with Crippen molar-refractivity contribution in [2.24, 2.45) is 0 Å². The summed E-state index contributed by atoms with van der Waals surface area (Å²) in [5.74, 6) is 1.41. The Labute approximate surface area is 158 Å². The number of hydrogen-bond acceptors (Lipinski definition) is 6. The molecule has 0 aliphatic rings. The van der Waals surface area contributed by atoms with Crippen LogP contribution in [0, 0.1) is 0 Å². The van der Waals surface area contributed by atoms with Crippen LogP contribution in [0.15, 0.2) is 36.9 Å². The molecule has 0 unspecified atom stereocenters. The van der Waals surface area contributed by atoms with Crippen molar-refractivity contribution in [2.75, 3.05) is 30.9 Å². The van der Waals surface area contributed by atoms with E-state index in [9.17, 15) is 4.79 Å². The van der Waals surface area contributed by atoms with Crippen molar-refractivity contribution in [2.45, 2.75) is 26.7 Å². The summed E-state index contributed by atoms with van der Waals surface area (Å²) in [6.07, 6.45) is 8.37. The van der Waals surface area contributed by atoms with Gasteiger partial charge in [0.25, 0.3) is 0 Å². The number of carbonyl (C=O) groups is 1. The Hall–Kier alpha value is -3.16. The highest BCUT2D eigenvalue weighted by atomic mass is 16.2. The molecule has 27 heavy (non-hydrogen) atoms. The van der Waals surface area contributed by atoms with Crippen molar-refractivity contribution >= 4 is 17.4 Å². The summed E-state index contributed by atoms with van der Waals surface area (Å²) in [5, 5.41) is 12.0. The fraction of sp³-hybridized carbons (Fsp3) is 0.368. The van der Waals surface area contributed by atoms with Gasteiger partial charge in [-0.1, -0.05) is 6.92 Å². The van der Waals surface area contributed by atoms with Crippen molar-refractivity contribution in [3.05, 3.63) is 36.9 Å². The molecule has 0 amide bonds. The molecule has 0 aliphatic carbocycles. The van der Waals surface area contributed by atoms with Crippen LogP contribution in [0.25, 0.3) is 16.9 Å². The molecule has 0 saturated carbocycles. The van der Waals surface area contributed by atoms with Crippen LogP contribution in [0.3, 0.4) is 0 Å². The summed E-state index contributed by atoms with van der Waals surface area (Å²) in [7, 11) is 3.97. The second-order valence-corrected chi connectivity index (χ2v) is 6.43. The van der Waals surface area contributed by atoms with Crippen molar-refractivity contribution < 1.29 is 4.79 Å². The van der Waals surface area contributed by atoms with E-state index >= 15 is 0 Å². The quantitative estimate of drug-likeness (QED) is 0.691. The first-order valence-corrected chi connectivity index (χ1v) is 9.09. The number of pyridine rings is 1. The summed E-state index contributed by atoms with van der Waals surface area (Å²) >= 11 is 0. The number of nitrogens with zero attached hydrogens (tertiary/aromatic N) is 6. The first kappa shape index (κ1) is 18.6. The number of hydrogen-bond donors (Lipinski definition) is 1. The fourth-order valence-electron chi connectivity index (χ4n) is 2.80. The second-order valence-electron chi connectivity index (χ2n) is 6.43. The molecule has 142 valence electrons. The Kier molecular flexibility index (Phi) is 5.54. The summed E-state index contributed by atoms with van der Waals surface area (Å²) in [6.45, 7) is 4.66. The van der Waals surface area contributed by atoms with Gasteiger partial charge in [0, 0.05) is 62.3 Å². The van der Waals surface area contributed by atoms with Crippen LogP contribution in [0.5, 0.6) is 0 Å². The smallest absolute Gasteiger partial charge is 0.248 e. The summed E-state index contributed by atoms with van der Waals surface area (Å²) in [6, 6.07) is 3.91. The predicted octanol–water partition coefficient (Wildman–Crippen LogP) is 3.07. The lowest BCUT2D eigenvalue weighted by molar-refractivity contribution is 0.0888. The third kappa shape index (κ3) is 3.84. The number of aromatic nitrogens is 5. The first-order chi connectivity index (χ1) is 13.0. The van der Waals surface area contributed by atoms with E-state index < -0.39 is 0 Å². The normalized spacial score (nSPS) is 10.8. The van der Waals surface area contributed by atoms with Crippen LogP contribution in [0.1, 0.15) is 31.5 Å². The zero-order valence-corrected chi connectivity index (χ0v) is 16.2. The van der Waals surface area contributed by atoms with Gasteiger partial charge in [0.1, 0.15) is 5.82 Å². The van der Waals surface area contributed by atoms with Crippen LogP contribution in [0.4, 0.5) is 11.5 Å². The molecule has 0 radical (unpaired) electrons. The molecule has 3 aromatic heterocycles. The molecule has 3 heterocycles. The molecule has 8 heteroatoms. The van der Waals surface area contributed by atoms with Gasteiger partial charge in [0.05, 0.1) is 12.4 Å². The number of nitrogens with one attached hydrogen (secondary N) is 1. The molecule has 0 spiro atoms. The van der Waals surface area contributed by atoms with Crippen LogP contribution >= 0.6 is 0 Å². The standard InChI is InChI=1S/C19H25N7O/c1-5-7-18(27)26-19(20-6-2)16(12-23-26)14-11-22-25(13-14)17-10-15(24(3)4)8-9-21-17/h8-13,20H,5-7H2,1-4H3. The molecular formula is C19H25N7O. The molecule has 3 rings (SSSR count). The maximum atomic E-state index is 12.3. The lowest BCUT2D eigenvalue weighted by Gasteiger charge is -2.12. The Bertz CT molecular complexity index is 926. The van der Waals surface area contributed by atoms with Gasteiger partial charge in [0.15, 0.2) is 5.82 Å². The minimum Gasteiger partial charge on any atom is -0.378 e. The van der Waals surface area contributed by atoms with E-state index in [1.165, 1.54) is 4.68 Å². The molecule has 0 saturated heterocycles. The maximum Gasteiger partial charge on any atom is 0.248 e. The van der Waals surface area contributed by atoms with Gasteiger partial charge < -0.3 is 10.2 Å². The van der Waals surface area contributed by atoms with Crippen LogP contribution in [-0.4, -0.2) is 51.1 Å². The summed E-state index contributed by atoms with van der Waals surface area (Å²) < 4.78 is 3.17. The minimum absolute atomic E-state index is 0.0209. The third-order valence-corrected chi connectivity index (χ3v) is 4.19. The Morgan fingerprint density at radius 3 is 2.74 bits per heavy atom. The number of anilines is 2. The van der Waals surface area contributed by atoms with E-state index in [1.54, 1.807) is 23.3 Å². The van der Waals surface area contributed by atoms with Crippen LogP contribution < -0.4 is 10.2 Å². The molecule has 0 aromatic carbocycles. The molecule has 0 fully saturated rings. The van der Waals surface area contributed by atoms with E-state index in [2.05, 4.69) is 20.5 Å². The zero-order valence-electron chi connectivity index (χ0n) is 16.2. The molecule has 1 N–H and O–H groups in total. The molecule has 0 aliphatic heterocycles. The molecule has 0 bridgehead atoms. The van der Waals surface area contributed by atoms with E-state index in [0.29, 0.717) is 18.8 Å². The van der Waals surface area contributed by atoms with E-state index in [0.717, 1.165) is 29.1 Å².